The molecule has 1 aromatic heterocycles. The molecule has 1 saturated heterocycles. The summed E-state index contributed by atoms with van der Waals surface area (Å²) in [4.78, 5) is 11.9. The van der Waals surface area contributed by atoms with Gasteiger partial charge in [0.05, 0.1) is 18.3 Å². The number of carbonyl (C=O) groups excluding carboxylic acids is 1. The fourth-order valence-corrected chi connectivity index (χ4v) is 1.95. The lowest BCUT2D eigenvalue weighted by Crippen LogP contribution is -2.23. The average Bonchev–Trinajstić information content (AvgIpc) is 2.87. The minimum absolute atomic E-state index is 0.00819. The first-order valence-corrected chi connectivity index (χ1v) is 5.02. The maximum atomic E-state index is 11.9. The SMILES string of the molecule is CCC1OCCC1C(=O)c1ccco1. The van der Waals surface area contributed by atoms with Crippen LogP contribution in [0.3, 0.4) is 0 Å². The summed E-state index contributed by atoms with van der Waals surface area (Å²) in [5, 5.41) is 0. The van der Waals surface area contributed by atoms with E-state index >= 15 is 0 Å². The first-order valence-electron chi connectivity index (χ1n) is 5.02. The Balaban J connectivity index is 2.11. The summed E-state index contributed by atoms with van der Waals surface area (Å²) in [7, 11) is 0. The number of carbonyl (C=O) groups is 1. The van der Waals surface area contributed by atoms with Crippen molar-refractivity contribution in [2.75, 3.05) is 6.61 Å². The summed E-state index contributed by atoms with van der Waals surface area (Å²) < 4.78 is 10.6. The second-order valence-corrected chi connectivity index (χ2v) is 3.55. The van der Waals surface area contributed by atoms with E-state index in [-0.39, 0.29) is 17.8 Å². The Hall–Kier alpha value is -1.09. The molecule has 1 aliphatic rings. The van der Waals surface area contributed by atoms with E-state index in [1.165, 1.54) is 6.26 Å². The van der Waals surface area contributed by atoms with E-state index in [0.717, 1.165) is 12.8 Å². The first kappa shape index (κ1) is 9.46. The van der Waals surface area contributed by atoms with Crippen LogP contribution in [0.1, 0.15) is 30.3 Å². The molecule has 2 atom stereocenters. The van der Waals surface area contributed by atoms with Crippen molar-refractivity contribution in [3.8, 4) is 0 Å². The van der Waals surface area contributed by atoms with Gasteiger partial charge in [0.15, 0.2) is 5.76 Å². The summed E-state index contributed by atoms with van der Waals surface area (Å²) in [5.41, 5.74) is 0. The molecule has 1 aliphatic heterocycles. The lowest BCUT2D eigenvalue weighted by molar-refractivity contribution is 0.0668. The molecule has 1 aromatic rings. The molecule has 0 aromatic carbocycles. The monoisotopic (exact) mass is 194 g/mol. The smallest absolute Gasteiger partial charge is 0.203 e. The largest absolute Gasteiger partial charge is 0.461 e. The second kappa shape index (κ2) is 3.96. The first-order chi connectivity index (χ1) is 6.83. The topological polar surface area (TPSA) is 39.4 Å². The summed E-state index contributed by atoms with van der Waals surface area (Å²) in [5.74, 6) is 0.532. The van der Waals surface area contributed by atoms with E-state index in [0.29, 0.717) is 12.4 Å². The van der Waals surface area contributed by atoms with Gasteiger partial charge in [-0.2, -0.15) is 0 Å². The second-order valence-electron chi connectivity index (χ2n) is 3.55. The Morgan fingerprint density at radius 3 is 3.14 bits per heavy atom. The van der Waals surface area contributed by atoms with Crippen LogP contribution in [-0.4, -0.2) is 18.5 Å². The Labute approximate surface area is 83.0 Å². The number of ether oxygens (including phenoxy) is 1. The number of hydrogen-bond acceptors (Lipinski definition) is 3. The maximum Gasteiger partial charge on any atom is 0.203 e. The van der Waals surface area contributed by atoms with Gasteiger partial charge in [-0.05, 0) is 25.0 Å². The Morgan fingerprint density at radius 2 is 2.50 bits per heavy atom. The van der Waals surface area contributed by atoms with Crippen LogP contribution in [0, 0.1) is 5.92 Å². The molecule has 3 nitrogen and oxygen atoms in total. The lowest BCUT2D eigenvalue weighted by atomic mass is 9.93. The molecular weight excluding hydrogens is 180 g/mol. The van der Waals surface area contributed by atoms with Crippen molar-refractivity contribution in [1.29, 1.82) is 0 Å². The molecule has 0 bridgehead atoms. The van der Waals surface area contributed by atoms with E-state index < -0.39 is 0 Å². The average molecular weight is 194 g/mol. The van der Waals surface area contributed by atoms with E-state index in [9.17, 15) is 4.79 Å². The third-order valence-electron chi connectivity index (χ3n) is 2.71. The van der Waals surface area contributed by atoms with Crippen molar-refractivity contribution >= 4 is 5.78 Å². The van der Waals surface area contributed by atoms with Crippen LogP contribution in [0.15, 0.2) is 22.8 Å². The van der Waals surface area contributed by atoms with Gasteiger partial charge in [-0.15, -0.1) is 0 Å². The highest BCUT2D eigenvalue weighted by Gasteiger charge is 2.34. The predicted octanol–water partition coefficient (Wildman–Crippen LogP) is 2.28. The zero-order valence-electron chi connectivity index (χ0n) is 8.23. The van der Waals surface area contributed by atoms with Gasteiger partial charge < -0.3 is 9.15 Å². The van der Waals surface area contributed by atoms with Crippen LogP contribution in [0.2, 0.25) is 0 Å². The van der Waals surface area contributed by atoms with Crippen molar-refractivity contribution in [3.05, 3.63) is 24.2 Å². The molecule has 14 heavy (non-hydrogen) atoms. The molecule has 0 N–H and O–H groups in total. The summed E-state index contributed by atoms with van der Waals surface area (Å²) in [6.45, 7) is 2.73. The molecule has 0 aliphatic carbocycles. The number of rotatable bonds is 3. The number of hydrogen-bond donors (Lipinski definition) is 0. The van der Waals surface area contributed by atoms with Gasteiger partial charge in [-0.3, -0.25) is 4.79 Å². The fourth-order valence-electron chi connectivity index (χ4n) is 1.95. The number of furan rings is 1. The van der Waals surface area contributed by atoms with Crippen LogP contribution in [0.5, 0.6) is 0 Å². The Bertz CT molecular complexity index is 302. The fraction of sp³-hybridized carbons (Fsp3) is 0.545. The number of Topliss-reactive ketones (excluding diaryl/α,β-unsaturated/α-hetero) is 1. The van der Waals surface area contributed by atoms with Crippen molar-refractivity contribution < 1.29 is 13.9 Å². The minimum atomic E-state index is -0.00819. The van der Waals surface area contributed by atoms with Crippen molar-refractivity contribution in [2.45, 2.75) is 25.9 Å². The van der Waals surface area contributed by atoms with E-state index in [1.54, 1.807) is 12.1 Å². The van der Waals surface area contributed by atoms with Crippen LogP contribution in [0.25, 0.3) is 0 Å². The van der Waals surface area contributed by atoms with Crippen molar-refractivity contribution in [1.82, 2.24) is 0 Å². The van der Waals surface area contributed by atoms with Gasteiger partial charge >= 0.3 is 0 Å². The molecule has 0 spiro atoms. The van der Waals surface area contributed by atoms with Gasteiger partial charge in [0.1, 0.15) is 0 Å². The molecule has 2 unspecified atom stereocenters. The Morgan fingerprint density at radius 1 is 1.64 bits per heavy atom. The van der Waals surface area contributed by atoms with Crippen LogP contribution < -0.4 is 0 Å². The quantitative estimate of drug-likeness (QED) is 0.693. The maximum absolute atomic E-state index is 11.9. The minimum Gasteiger partial charge on any atom is -0.461 e. The molecule has 1 fully saturated rings. The molecule has 3 heteroatoms. The molecule has 0 radical (unpaired) electrons. The van der Waals surface area contributed by atoms with Crippen LogP contribution in [0.4, 0.5) is 0 Å². The van der Waals surface area contributed by atoms with E-state index in [1.807, 2.05) is 6.92 Å². The predicted molar refractivity (Wildman–Crippen MR) is 51.2 cm³/mol. The van der Waals surface area contributed by atoms with Crippen LogP contribution >= 0.6 is 0 Å². The highest BCUT2D eigenvalue weighted by molar-refractivity contribution is 5.95. The normalized spacial score (nSPS) is 26.6. The van der Waals surface area contributed by atoms with Gasteiger partial charge in [-0.1, -0.05) is 6.92 Å². The summed E-state index contributed by atoms with van der Waals surface area (Å²) in [6, 6.07) is 3.46. The molecule has 2 rings (SSSR count). The Kier molecular flexibility index (Phi) is 2.68. The van der Waals surface area contributed by atoms with Crippen molar-refractivity contribution in [3.63, 3.8) is 0 Å². The van der Waals surface area contributed by atoms with Crippen LogP contribution in [-0.2, 0) is 4.74 Å². The third kappa shape index (κ3) is 1.60. The van der Waals surface area contributed by atoms with E-state index in [2.05, 4.69) is 0 Å². The van der Waals surface area contributed by atoms with Gasteiger partial charge in [0.2, 0.25) is 5.78 Å². The lowest BCUT2D eigenvalue weighted by Gasteiger charge is -2.13. The molecule has 2 heterocycles. The van der Waals surface area contributed by atoms with Gasteiger partial charge in [0, 0.05) is 6.61 Å². The zero-order valence-corrected chi connectivity index (χ0v) is 8.23. The van der Waals surface area contributed by atoms with E-state index in [4.69, 9.17) is 9.15 Å². The van der Waals surface area contributed by atoms with Gasteiger partial charge in [-0.25, -0.2) is 0 Å². The highest BCUT2D eigenvalue weighted by atomic mass is 16.5. The standard InChI is InChI=1S/C11H14O3/c1-2-9-8(5-7-14-9)11(12)10-4-3-6-13-10/h3-4,6,8-9H,2,5,7H2,1H3. The summed E-state index contributed by atoms with van der Waals surface area (Å²) >= 11 is 0. The van der Waals surface area contributed by atoms with Gasteiger partial charge in [0.25, 0.3) is 0 Å². The number of ketones is 1. The molecule has 76 valence electrons. The van der Waals surface area contributed by atoms with Crippen molar-refractivity contribution in [2.24, 2.45) is 5.92 Å². The third-order valence-corrected chi connectivity index (χ3v) is 2.71. The molecule has 0 amide bonds. The summed E-state index contributed by atoms with van der Waals surface area (Å²) in [6.07, 6.45) is 3.31. The molecular formula is C11H14O3. The zero-order chi connectivity index (χ0) is 9.97. The highest BCUT2D eigenvalue weighted by Crippen LogP contribution is 2.26. The molecule has 0 saturated carbocycles.